The van der Waals surface area contributed by atoms with Crippen LogP contribution in [0.2, 0.25) is 10.0 Å². The van der Waals surface area contributed by atoms with E-state index in [2.05, 4.69) is 4.98 Å². The predicted octanol–water partition coefficient (Wildman–Crippen LogP) is 4.65. The largest absolute Gasteiger partial charge is 0.481 e. The van der Waals surface area contributed by atoms with Crippen LogP contribution in [-0.4, -0.2) is 36.3 Å². The second kappa shape index (κ2) is 8.78. The van der Waals surface area contributed by atoms with Gasteiger partial charge in [0.15, 0.2) is 0 Å². The summed E-state index contributed by atoms with van der Waals surface area (Å²) >= 11 is 12.2. The van der Waals surface area contributed by atoms with Gasteiger partial charge in [-0.25, -0.2) is 8.42 Å². The minimum atomic E-state index is -4.27. The first-order chi connectivity index (χ1) is 15.6. The van der Waals surface area contributed by atoms with Crippen molar-refractivity contribution < 1.29 is 23.1 Å². The molecule has 0 spiro atoms. The lowest BCUT2D eigenvalue weighted by Gasteiger charge is -2.30. The molecule has 1 aliphatic rings. The lowest BCUT2D eigenvalue weighted by Crippen LogP contribution is -2.46. The number of benzene rings is 2. The van der Waals surface area contributed by atoms with Gasteiger partial charge in [-0.1, -0.05) is 54.4 Å². The Bertz CT molecular complexity index is 1350. The molecule has 4 rings (SSSR count). The van der Waals surface area contributed by atoms with Crippen LogP contribution in [0.4, 0.5) is 5.69 Å². The lowest BCUT2D eigenvalue weighted by molar-refractivity contribution is -0.141. The zero-order valence-corrected chi connectivity index (χ0v) is 19.6. The van der Waals surface area contributed by atoms with Crippen LogP contribution in [0.25, 0.3) is 0 Å². The fraction of sp³-hybridized carbons (Fsp3) is 0.174. The van der Waals surface area contributed by atoms with Crippen LogP contribution >= 0.6 is 23.2 Å². The third-order valence-electron chi connectivity index (χ3n) is 5.65. The lowest BCUT2D eigenvalue weighted by atomic mass is 9.82. The maximum absolute atomic E-state index is 13.8. The summed E-state index contributed by atoms with van der Waals surface area (Å²) in [7, 11) is -4.27. The number of nitrogens with zero attached hydrogens (tertiary/aromatic N) is 2. The van der Waals surface area contributed by atoms with Crippen LogP contribution < -0.4 is 4.31 Å². The maximum Gasteiger partial charge on any atom is 0.306 e. The van der Waals surface area contributed by atoms with E-state index in [1.165, 1.54) is 43.5 Å². The van der Waals surface area contributed by atoms with Crippen molar-refractivity contribution in [1.82, 2.24) is 4.98 Å². The Morgan fingerprint density at radius 1 is 1.03 bits per heavy atom. The highest BCUT2D eigenvalue weighted by Gasteiger charge is 2.52. The second-order valence-corrected chi connectivity index (χ2v) is 10.3. The number of hydrogen-bond acceptors (Lipinski definition) is 5. The van der Waals surface area contributed by atoms with Crippen molar-refractivity contribution in [2.24, 2.45) is 5.92 Å². The van der Waals surface area contributed by atoms with Crippen LogP contribution in [0.5, 0.6) is 0 Å². The number of rotatable bonds is 6. The number of hydrogen-bond donors (Lipinski definition) is 1. The minimum absolute atomic E-state index is 0.0450. The SMILES string of the molecule is CC(C(=O)O)C1c2ccc(Cl)cc2N(S(=O)(=O)c2ccccc2)C1C(=O)c1cc(Cl)ccn1. The molecular formula is C23H18Cl2N2O5S. The summed E-state index contributed by atoms with van der Waals surface area (Å²) in [6.07, 6.45) is 1.33. The van der Waals surface area contributed by atoms with E-state index in [4.69, 9.17) is 23.2 Å². The van der Waals surface area contributed by atoms with Gasteiger partial charge in [0.2, 0.25) is 5.78 Å². The molecule has 3 atom stereocenters. The van der Waals surface area contributed by atoms with E-state index in [0.29, 0.717) is 5.56 Å². The predicted molar refractivity (Wildman–Crippen MR) is 124 cm³/mol. The van der Waals surface area contributed by atoms with E-state index < -0.39 is 39.7 Å². The third kappa shape index (κ3) is 4.10. The Hall–Kier alpha value is -2.94. The van der Waals surface area contributed by atoms with Gasteiger partial charge in [0, 0.05) is 22.2 Å². The van der Waals surface area contributed by atoms with Gasteiger partial charge in [-0.3, -0.25) is 18.9 Å². The van der Waals surface area contributed by atoms with E-state index >= 15 is 0 Å². The molecule has 0 amide bonds. The van der Waals surface area contributed by atoms with Crippen LogP contribution in [0.15, 0.2) is 71.8 Å². The zero-order chi connectivity index (χ0) is 23.9. The highest BCUT2D eigenvalue weighted by Crippen LogP contribution is 2.49. The number of carboxylic acids is 1. The standard InChI is InChI=1S/C23H18Cl2N2O5S/c1-13(23(29)30)20-17-8-7-14(24)12-19(17)27(33(31,32)16-5-3-2-4-6-16)21(20)22(28)18-11-15(25)9-10-26-18/h2-13,20-21H,1H3,(H,29,30). The van der Waals surface area contributed by atoms with Crippen molar-refractivity contribution in [2.75, 3.05) is 4.31 Å². The first kappa shape index (κ1) is 23.2. The highest BCUT2D eigenvalue weighted by atomic mass is 35.5. The molecule has 0 bridgehead atoms. The van der Waals surface area contributed by atoms with E-state index in [1.54, 1.807) is 30.3 Å². The van der Waals surface area contributed by atoms with Crippen LogP contribution in [-0.2, 0) is 14.8 Å². The summed E-state index contributed by atoms with van der Waals surface area (Å²) in [6, 6.07) is 13.6. The molecule has 7 nitrogen and oxygen atoms in total. The van der Waals surface area contributed by atoms with Crippen molar-refractivity contribution in [1.29, 1.82) is 0 Å². The number of carbonyl (C=O) groups excluding carboxylic acids is 1. The van der Waals surface area contributed by atoms with Crippen molar-refractivity contribution in [3.63, 3.8) is 0 Å². The Morgan fingerprint density at radius 2 is 1.70 bits per heavy atom. The zero-order valence-electron chi connectivity index (χ0n) is 17.2. The normalized spacial score (nSPS) is 18.6. The first-order valence-corrected chi connectivity index (χ1v) is 12.1. The summed E-state index contributed by atoms with van der Waals surface area (Å²) < 4.78 is 28.6. The smallest absolute Gasteiger partial charge is 0.306 e. The average Bonchev–Trinajstić information content (AvgIpc) is 3.13. The molecule has 1 aliphatic heterocycles. The number of aliphatic carboxylic acids is 1. The Balaban J connectivity index is 1.99. The number of pyridine rings is 1. The molecule has 2 heterocycles. The molecule has 0 saturated heterocycles. The van der Waals surface area contributed by atoms with Gasteiger partial charge in [-0.05, 0) is 42.0 Å². The topological polar surface area (TPSA) is 105 Å². The van der Waals surface area contributed by atoms with Gasteiger partial charge in [0.05, 0.1) is 16.5 Å². The summed E-state index contributed by atoms with van der Waals surface area (Å²) in [5.41, 5.74) is 0.487. The number of carbonyl (C=O) groups is 2. The Morgan fingerprint density at radius 3 is 2.33 bits per heavy atom. The van der Waals surface area contributed by atoms with Gasteiger partial charge in [0.25, 0.3) is 10.0 Å². The van der Waals surface area contributed by atoms with Gasteiger partial charge in [0.1, 0.15) is 11.7 Å². The molecule has 3 unspecified atom stereocenters. The van der Waals surface area contributed by atoms with E-state index in [0.717, 1.165) is 4.31 Å². The number of Topliss-reactive ketones (excluding diaryl/α,β-unsaturated/α-hetero) is 1. The molecule has 170 valence electrons. The minimum Gasteiger partial charge on any atom is -0.481 e. The van der Waals surface area contributed by atoms with E-state index in [-0.39, 0.29) is 26.3 Å². The molecule has 0 saturated carbocycles. The molecule has 1 aromatic heterocycles. The molecule has 1 N–H and O–H groups in total. The maximum atomic E-state index is 13.8. The van der Waals surface area contributed by atoms with Crippen LogP contribution in [0, 0.1) is 5.92 Å². The Kier molecular flexibility index (Phi) is 6.18. The average molecular weight is 505 g/mol. The number of halogens is 2. The summed E-state index contributed by atoms with van der Waals surface area (Å²) in [6.45, 7) is 1.44. The summed E-state index contributed by atoms with van der Waals surface area (Å²) in [5, 5.41) is 10.3. The van der Waals surface area contributed by atoms with Crippen molar-refractivity contribution >= 4 is 50.7 Å². The van der Waals surface area contributed by atoms with Gasteiger partial charge >= 0.3 is 5.97 Å². The number of aromatic nitrogens is 1. The number of sulfonamides is 1. The monoisotopic (exact) mass is 504 g/mol. The Labute approximate surface area is 200 Å². The molecule has 0 fully saturated rings. The van der Waals surface area contributed by atoms with E-state index in [9.17, 15) is 23.1 Å². The molecule has 3 aromatic rings. The van der Waals surface area contributed by atoms with Gasteiger partial charge < -0.3 is 5.11 Å². The summed E-state index contributed by atoms with van der Waals surface area (Å²) in [5.74, 6) is -3.91. The molecule has 0 aliphatic carbocycles. The first-order valence-electron chi connectivity index (χ1n) is 9.90. The molecule has 2 aromatic carbocycles. The molecule has 33 heavy (non-hydrogen) atoms. The number of anilines is 1. The molecule has 10 heteroatoms. The van der Waals surface area contributed by atoms with Crippen LogP contribution in [0.3, 0.4) is 0 Å². The fourth-order valence-electron chi connectivity index (χ4n) is 4.10. The van der Waals surface area contributed by atoms with Crippen LogP contribution in [0.1, 0.15) is 28.9 Å². The molecule has 0 radical (unpaired) electrons. The molecular weight excluding hydrogens is 487 g/mol. The fourth-order valence-corrected chi connectivity index (χ4v) is 6.09. The number of ketones is 1. The summed E-state index contributed by atoms with van der Waals surface area (Å²) in [4.78, 5) is 29.7. The van der Waals surface area contributed by atoms with E-state index in [1.807, 2.05) is 0 Å². The van der Waals surface area contributed by atoms with Crippen molar-refractivity contribution in [3.8, 4) is 0 Å². The quantitative estimate of drug-likeness (QED) is 0.489. The highest BCUT2D eigenvalue weighted by molar-refractivity contribution is 7.93. The van der Waals surface area contributed by atoms with Crippen molar-refractivity contribution in [3.05, 3.63) is 88.2 Å². The number of fused-ring (bicyclic) bond motifs is 1. The van der Waals surface area contributed by atoms with Crippen molar-refractivity contribution in [2.45, 2.75) is 23.8 Å². The van der Waals surface area contributed by atoms with Gasteiger partial charge in [-0.15, -0.1) is 0 Å². The third-order valence-corrected chi connectivity index (χ3v) is 7.93. The van der Waals surface area contributed by atoms with Gasteiger partial charge in [-0.2, -0.15) is 0 Å². The number of carboxylic acid groups (broad SMARTS) is 1. The second-order valence-electron chi connectivity index (χ2n) is 7.64.